The van der Waals surface area contributed by atoms with Crippen LogP contribution in [0.5, 0.6) is 0 Å². The summed E-state index contributed by atoms with van der Waals surface area (Å²) in [6.45, 7) is 0.925. The molecule has 2 aromatic rings. The van der Waals surface area contributed by atoms with E-state index in [2.05, 4.69) is 15.4 Å². The second kappa shape index (κ2) is 13.5. The van der Waals surface area contributed by atoms with Crippen LogP contribution in [0.4, 0.5) is 10.5 Å². The van der Waals surface area contributed by atoms with Crippen LogP contribution in [-0.4, -0.2) is 74.3 Å². The molecule has 2 aliphatic heterocycles. The van der Waals surface area contributed by atoms with Gasteiger partial charge in [-0.3, -0.25) is 9.59 Å². The monoisotopic (exact) mass is 647 g/mol. The van der Waals surface area contributed by atoms with Gasteiger partial charge in [0.05, 0.1) is 10.9 Å². The van der Waals surface area contributed by atoms with E-state index in [1.54, 1.807) is 35.2 Å². The van der Waals surface area contributed by atoms with Gasteiger partial charge in [-0.2, -0.15) is 4.72 Å². The van der Waals surface area contributed by atoms with Gasteiger partial charge in [-0.15, -0.1) is 11.3 Å². The number of carbonyl (C=O) groups excluding carboxylic acids is 3. The van der Waals surface area contributed by atoms with Crippen LogP contribution >= 0.6 is 46.1 Å². The molecule has 2 fully saturated rings. The quantitative estimate of drug-likeness (QED) is 0.372. The van der Waals surface area contributed by atoms with Crippen molar-refractivity contribution in [3.63, 3.8) is 0 Å². The number of amides is 4. The number of nitrogens with zero attached hydrogens (tertiary/aromatic N) is 2. The lowest BCUT2D eigenvalue weighted by Gasteiger charge is -2.34. The van der Waals surface area contributed by atoms with Gasteiger partial charge in [-0.25, -0.2) is 13.2 Å². The van der Waals surface area contributed by atoms with E-state index in [4.69, 9.17) is 34.8 Å². The third-order valence-corrected chi connectivity index (χ3v) is 9.23. The molecule has 0 spiro atoms. The van der Waals surface area contributed by atoms with Crippen molar-refractivity contribution in [1.29, 1.82) is 0 Å². The predicted octanol–water partition coefficient (Wildman–Crippen LogP) is 4.40. The first-order valence-electron chi connectivity index (χ1n) is 12.5. The van der Waals surface area contributed by atoms with Crippen LogP contribution in [0.1, 0.15) is 30.6 Å². The topological polar surface area (TPSA) is 128 Å². The van der Waals surface area contributed by atoms with E-state index < -0.39 is 28.0 Å². The highest BCUT2D eigenvalue weighted by atomic mass is 35.5. The number of hydrogen-bond donors (Lipinski definition) is 3. The maximum absolute atomic E-state index is 13.1. The van der Waals surface area contributed by atoms with Crippen LogP contribution in [0.25, 0.3) is 6.08 Å². The molecule has 2 saturated heterocycles. The first-order valence-corrected chi connectivity index (χ1v) is 16.0. The number of urea groups is 1. The summed E-state index contributed by atoms with van der Waals surface area (Å²) in [7, 11) is -3.89. The molecule has 2 aliphatic rings. The standard InChI is InChI=1S/C25H28Cl3N5O5S2/c26-16-11-17(27)13-18(12-16)30-25(36)29-14-19-3-1-9-33(19)23(34)15-32-8-2-4-21(24(32)35)31-40(37,38)10-7-20-5-6-22(28)39-20/h5-7,10-13,19,21,31H,1-4,8-9,14-15H2,(H2,29,30,36)/t19-,21-/m0/s1. The third kappa shape index (κ3) is 8.58. The van der Waals surface area contributed by atoms with Crippen molar-refractivity contribution in [3.8, 4) is 0 Å². The Morgan fingerprint density at radius 3 is 2.48 bits per heavy atom. The summed E-state index contributed by atoms with van der Waals surface area (Å²) < 4.78 is 28.1. The Kier molecular flexibility index (Phi) is 10.4. The van der Waals surface area contributed by atoms with Gasteiger partial charge in [0, 0.05) is 51.7 Å². The highest BCUT2D eigenvalue weighted by molar-refractivity contribution is 7.92. The Hall–Kier alpha value is -2.35. The van der Waals surface area contributed by atoms with Crippen LogP contribution in [0.15, 0.2) is 35.7 Å². The number of carbonyl (C=O) groups is 3. The SMILES string of the molecule is O=C(NC[C@@H]1CCCN1C(=O)CN1CCC[C@H](NS(=O)(=O)C=Cc2ccc(Cl)s2)C1=O)Nc1cc(Cl)cc(Cl)c1. The Morgan fingerprint density at radius 2 is 1.77 bits per heavy atom. The zero-order valence-corrected chi connectivity index (χ0v) is 25.1. The summed E-state index contributed by atoms with van der Waals surface area (Å²) in [5.74, 6) is -0.693. The van der Waals surface area contributed by atoms with E-state index in [0.29, 0.717) is 57.3 Å². The summed E-state index contributed by atoms with van der Waals surface area (Å²) in [5, 5.41) is 7.21. The fraction of sp³-hybridized carbons (Fsp3) is 0.400. The fourth-order valence-corrected chi connectivity index (χ4v) is 7.26. The summed E-state index contributed by atoms with van der Waals surface area (Å²) in [4.78, 5) is 42.3. The molecular weight excluding hydrogens is 621 g/mol. The summed E-state index contributed by atoms with van der Waals surface area (Å²) in [6, 6.07) is 6.40. The van der Waals surface area contributed by atoms with Crippen LogP contribution in [0, 0.1) is 0 Å². The molecular formula is C25H28Cl3N5O5S2. The highest BCUT2D eigenvalue weighted by Crippen LogP contribution is 2.24. The molecule has 15 heteroatoms. The molecule has 4 amide bonds. The van der Waals surface area contributed by atoms with Crippen LogP contribution in [0.2, 0.25) is 14.4 Å². The van der Waals surface area contributed by atoms with Gasteiger partial charge in [0.2, 0.25) is 21.8 Å². The minimum atomic E-state index is -3.89. The average molecular weight is 649 g/mol. The first-order chi connectivity index (χ1) is 19.0. The van der Waals surface area contributed by atoms with Crippen molar-refractivity contribution in [3.05, 3.63) is 55.0 Å². The molecule has 4 rings (SSSR count). The van der Waals surface area contributed by atoms with Gasteiger partial charge in [-0.1, -0.05) is 34.8 Å². The summed E-state index contributed by atoms with van der Waals surface area (Å²) in [5.41, 5.74) is 0.439. The predicted molar refractivity (Wildman–Crippen MR) is 158 cm³/mol. The molecule has 0 saturated carbocycles. The van der Waals surface area contributed by atoms with E-state index in [0.717, 1.165) is 11.8 Å². The Labute approximate surface area is 251 Å². The number of piperidine rings is 1. The molecule has 3 N–H and O–H groups in total. The largest absolute Gasteiger partial charge is 0.336 e. The summed E-state index contributed by atoms with van der Waals surface area (Å²) in [6.07, 6.45) is 3.77. The van der Waals surface area contributed by atoms with E-state index in [1.165, 1.54) is 22.3 Å². The second-order valence-electron chi connectivity index (χ2n) is 9.44. The van der Waals surface area contributed by atoms with E-state index in [1.807, 2.05) is 0 Å². The van der Waals surface area contributed by atoms with Crippen molar-refractivity contribution >= 4 is 85.8 Å². The molecule has 0 aliphatic carbocycles. The summed E-state index contributed by atoms with van der Waals surface area (Å²) >= 11 is 19.0. The Morgan fingerprint density at radius 1 is 1.05 bits per heavy atom. The van der Waals surface area contributed by atoms with E-state index >= 15 is 0 Å². The first kappa shape index (κ1) is 30.6. The number of nitrogens with one attached hydrogen (secondary N) is 3. The van der Waals surface area contributed by atoms with E-state index in [9.17, 15) is 22.8 Å². The average Bonchev–Trinajstić information content (AvgIpc) is 3.52. The molecule has 3 heterocycles. The molecule has 216 valence electrons. The number of halogens is 3. The van der Waals surface area contributed by atoms with E-state index in [-0.39, 0.29) is 25.0 Å². The number of sulfonamides is 1. The molecule has 1 aromatic carbocycles. The zero-order valence-electron chi connectivity index (χ0n) is 21.2. The smallest absolute Gasteiger partial charge is 0.319 e. The zero-order chi connectivity index (χ0) is 28.9. The van der Waals surface area contributed by atoms with Gasteiger partial charge in [-0.05, 0) is 62.1 Å². The van der Waals surface area contributed by atoms with Gasteiger partial charge >= 0.3 is 6.03 Å². The van der Waals surface area contributed by atoms with Crippen molar-refractivity contribution in [1.82, 2.24) is 19.8 Å². The van der Waals surface area contributed by atoms with Crippen LogP contribution in [0.3, 0.4) is 0 Å². The molecule has 2 atom stereocenters. The Balaban J connectivity index is 1.28. The van der Waals surface area contributed by atoms with Crippen molar-refractivity contribution < 1.29 is 22.8 Å². The lowest BCUT2D eigenvalue weighted by Crippen LogP contribution is -2.55. The van der Waals surface area contributed by atoms with Crippen molar-refractivity contribution in [2.45, 2.75) is 37.8 Å². The molecule has 0 radical (unpaired) electrons. The number of benzene rings is 1. The Bertz CT molecular complexity index is 1380. The van der Waals surface area contributed by atoms with Crippen molar-refractivity contribution in [2.75, 3.05) is 31.5 Å². The highest BCUT2D eigenvalue weighted by Gasteiger charge is 2.35. The maximum atomic E-state index is 13.1. The lowest BCUT2D eigenvalue weighted by molar-refractivity contribution is -0.143. The number of thiophene rings is 1. The molecule has 10 nitrogen and oxygen atoms in total. The van der Waals surface area contributed by atoms with Gasteiger partial charge in [0.25, 0.3) is 0 Å². The molecule has 1 aromatic heterocycles. The molecule has 0 unspecified atom stereocenters. The number of rotatable bonds is 9. The number of likely N-dealkylation sites (tertiary alicyclic amines) is 2. The fourth-order valence-electron chi connectivity index (χ4n) is 4.66. The number of anilines is 1. The molecule has 0 bridgehead atoms. The second-order valence-corrected chi connectivity index (χ2v) is 13.7. The number of hydrogen-bond acceptors (Lipinski definition) is 6. The van der Waals surface area contributed by atoms with Crippen molar-refractivity contribution in [2.24, 2.45) is 0 Å². The minimum Gasteiger partial charge on any atom is -0.336 e. The van der Waals surface area contributed by atoms with Crippen LogP contribution < -0.4 is 15.4 Å². The van der Waals surface area contributed by atoms with Gasteiger partial charge in [0.15, 0.2) is 0 Å². The lowest BCUT2D eigenvalue weighted by atomic mass is 10.1. The van der Waals surface area contributed by atoms with Crippen LogP contribution in [-0.2, 0) is 19.6 Å². The minimum absolute atomic E-state index is 0.162. The maximum Gasteiger partial charge on any atom is 0.319 e. The normalized spacial score (nSPS) is 19.8. The van der Waals surface area contributed by atoms with Gasteiger partial charge < -0.3 is 20.4 Å². The van der Waals surface area contributed by atoms with Gasteiger partial charge in [0.1, 0.15) is 6.04 Å². The molecule has 40 heavy (non-hydrogen) atoms. The third-order valence-electron chi connectivity index (χ3n) is 6.48.